The number of nitrogens with zero attached hydrogens (tertiary/aromatic N) is 1. The number of fused-ring (bicyclic) bond motifs is 1. The van der Waals surface area contributed by atoms with Crippen molar-refractivity contribution in [1.82, 2.24) is 0 Å². The number of ether oxygens (including phenoxy) is 1. The molecule has 0 radical (unpaired) electrons. The monoisotopic (exact) mass is 348 g/mol. The lowest BCUT2D eigenvalue weighted by atomic mass is 10.0. The Labute approximate surface area is 151 Å². The molecule has 0 amide bonds. The van der Waals surface area contributed by atoms with Gasteiger partial charge >= 0.3 is 0 Å². The molecule has 1 aliphatic heterocycles. The van der Waals surface area contributed by atoms with Gasteiger partial charge in [0.05, 0.1) is 19.4 Å². The molecule has 0 saturated heterocycles. The maximum absolute atomic E-state index is 6.32. The SMILES string of the molecule is Cc1cc(-c2ccccc2)c2c(c1)P(c1ccccc1)[N+](C)(C)CO2. The van der Waals surface area contributed by atoms with Crippen molar-refractivity contribution in [3.05, 3.63) is 78.4 Å². The number of hydrogen-bond acceptors (Lipinski definition) is 1. The van der Waals surface area contributed by atoms with Crippen molar-refractivity contribution in [2.45, 2.75) is 6.92 Å². The summed E-state index contributed by atoms with van der Waals surface area (Å²) < 4.78 is 7.17. The summed E-state index contributed by atoms with van der Waals surface area (Å²) in [4.78, 5) is 0. The molecule has 0 saturated carbocycles. The Hall–Kier alpha value is -2.15. The van der Waals surface area contributed by atoms with E-state index in [4.69, 9.17) is 4.74 Å². The molecule has 1 heterocycles. The van der Waals surface area contributed by atoms with E-state index in [-0.39, 0.29) is 0 Å². The zero-order valence-corrected chi connectivity index (χ0v) is 15.8. The van der Waals surface area contributed by atoms with Gasteiger partial charge in [-0.25, -0.2) is 0 Å². The van der Waals surface area contributed by atoms with Crippen LogP contribution in [0.3, 0.4) is 0 Å². The fraction of sp³-hybridized carbons (Fsp3) is 0.182. The molecule has 0 N–H and O–H groups in total. The number of hydrogen-bond donors (Lipinski definition) is 0. The molecule has 0 spiro atoms. The van der Waals surface area contributed by atoms with Crippen molar-refractivity contribution >= 4 is 18.7 Å². The van der Waals surface area contributed by atoms with Crippen molar-refractivity contribution in [2.24, 2.45) is 0 Å². The fourth-order valence-corrected chi connectivity index (χ4v) is 6.31. The van der Waals surface area contributed by atoms with Gasteiger partial charge in [-0.1, -0.05) is 48.5 Å². The van der Waals surface area contributed by atoms with E-state index in [0.29, 0.717) is 6.73 Å². The Morgan fingerprint density at radius 3 is 2.20 bits per heavy atom. The summed E-state index contributed by atoms with van der Waals surface area (Å²) in [5.41, 5.74) is 3.71. The van der Waals surface area contributed by atoms with E-state index in [1.807, 2.05) is 0 Å². The van der Waals surface area contributed by atoms with Crippen LogP contribution in [-0.2, 0) is 0 Å². The van der Waals surface area contributed by atoms with Crippen LogP contribution in [0.1, 0.15) is 5.56 Å². The summed E-state index contributed by atoms with van der Waals surface area (Å²) in [6, 6.07) is 26.0. The summed E-state index contributed by atoms with van der Waals surface area (Å²) in [5, 5.41) is 2.74. The molecule has 0 bridgehead atoms. The second-order valence-electron chi connectivity index (χ2n) is 7.07. The van der Waals surface area contributed by atoms with Gasteiger partial charge in [0.15, 0.2) is 8.07 Å². The van der Waals surface area contributed by atoms with E-state index in [0.717, 1.165) is 10.0 Å². The van der Waals surface area contributed by atoms with Crippen LogP contribution in [0.4, 0.5) is 0 Å². The van der Waals surface area contributed by atoms with Gasteiger partial charge in [-0.15, -0.1) is 0 Å². The summed E-state index contributed by atoms with van der Waals surface area (Å²) in [6.45, 7) is 2.87. The van der Waals surface area contributed by atoms with Crippen LogP contribution >= 0.6 is 8.07 Å². The first-order valence-corrected chi connectivity index (χ1v) is 9.87. The molecule has 0 fully saturated rings. The van der Waals surface area contributed by atoms with E-state index < -0.39 is 8.07 Å². The number of quaternary nitrogens is 1. The molecule has 1 atom stereocenters. The highest BCUT2D eigenvalue weighted by Crippen LogP contribution is 2.50. The topological polar surface area (TPSA) is 9.23 Å². The summed E-state index contributed by atoms with van der Waals surface area (Å²) in [5.74, 6) is 1.06. The van der Waals surface area contributed by atoms with E-state index in [9.17, 15) is 0 Å². The van der Waals surface area contributed by atoms with Crippen LogP contribution in [0.15, 0.2) is 72.8 Å². The molecule has 126 valence electrons. The van der Waals surface area contributed by atoms with Gasteiger partial charge in [-0.2, -0.15) is 0 Å². The van der Waals surface area contributed by atoms with Gasteiger partial charge in [0, 0.05) is 10.9 Å². The Bertz CT molecular complexity index is 891. The molecular weight excluding hydrogens is 325 g/mol. The molecule has 3 heteroatoms. The van der Waals surface area contributed by atoms with E-state index >= 15 is 0 Å². The Morgan fingerprint density at radius 1 is 0.880 bits per heavy atom. The minimum atomic E-state index is -0.536. The second kappa shape index (κ2) is 6.29. The molecule has 3 aromatic carbocycles. The molecule has 25 heavy (non-hydrogen) atoms. The third kappa shape index (κ3) is 2.97. The van der Waals surface area contributed by atoms with Gasteiger partial charge in [0.2, 0.25) is 6.73 Å². The lowest BCUT2D eigenvalue weighted by Crippen LogP contribution is -2.47. The normalized spacial score (nSPS) is 18.3. The largest absolute Gasteiger partial charge is 0.444 e. The quantitative estimate of drug-likeness (QED) is 0.622. The van der Waals surface area contributed by atoms with Crippen LogP contribution in [0.5, 0.6) is 5.75 Å². The second-order valence-corrected chi connectivity index (χ2v) is 9.77. The van der Waals surface area contributed by atoms with Gasteiger partial charge in [0.1, 0.15) is 5.75 Å². The lowest BCUT2D eigenvalue weighted by molar-refractivity contribution is -0.782. The van der Waals surface area contributed by atoms with Crippen molar-refractivity contribution < 1.29 is 8.99 Å². The van der Waals surface area contributed by atoms with E-state index in [2.05, 4.69) is 93.8 Å². The first-order chi connectivity index (χ1) is 12.1. The first kappa shape index (κ1) is 16.3. The Balaban J connectivity index is 1.95. The van der Waals surface area contributed by atoms with Crippen molar-refractivity contribution in [1.29, 1.82) is 0 Å². The minimum absolute atomic E-state index is 0.536. The molecule has 0 aromatic heterocycles. The van der Waals surface area contributed by atoms with Crippen molar-refractivity contribution in [3.8, 4) is 16.9 Å². The average Bonchev–Trinajstić information content (AvgIpc) is 2.62. The average molecular weight is 348 g/mol. The first-order valence-electron chi connectivity index (χ1n) is 8.58. The zero-order chi connectivity index (χ0) is 17.4. The third-order valence-electron chi connectivity index (χ3n) is 4.59. The molecule has 1 aliphatic rings. The standard InChI is InChI=1S/C22H23NOP/c1-17-14-20(18-10-6-4-7-11-18)22-21(15-17)25(23(2,3)16-24-22)19-12-8-5-9-13-19/h4-15H,16H2,1-3H3/q+1. The predicted octanol–water partition coefficient (Wildman–Crippen LogP) is 4.44. The maximum Gasteiger partial charge on any atom is 0.225 e. The van der Waals surface area contributed by atoms with Gasteiger partial charge in [-0.05, 0) is 42.3 Å². The molecule has 3 aromatic rings. The Morgan fingerprint density at radius 2 is 1.52 bits per heavy atom. The van der Waals surface area contributed by atoms with Crippen molar-refractivity contribution in [3.63, 3.8) is 0 Å². The molecule has 4 rings (SSSR count). The van der Waals surface area contributed by atoms with E-state index in [1.165, 1.54) is 27.3 Å². The predicted molar refractivity (Wildman–Crippen MR) is 107 cm³/mol. The number of rotatable bonds is 2. The van der Waals surface area contributed by atoms with Crippen LogP contribution in [0.25, 0.3) is 11.1 Å². The highest BCUT2D eigenvalue weighted by Gasteiger charge is 2.41. The zero-order valence-electron chi connectivity index (χ0n) is 14.9. The maximum atomic E-state index is 6.32. The summed E-state index contributed by atoms with van der Waals surface area (Å²) in [7, 11) is 4.00. The third-order valence-corrected chi connectivity index (χ3v) is 7.37. The molecule has 1 unspecified atom stereocenters. The van der Waals surface area contributed by atoms with Crippen LogP contribution in [0.2, 0.25) is 0 Å². The van der Waals surface area contributed by atoms with Crippen LogP contribution in [0, 0.1) is 6.92 Å². The van der Waals surface area contributed by atoms with Gasteiger partial charge < -0.3 is 4.74 Å². The summed E-state index contributed by atoms with van der Waals surface area (Å²) >= 11 is 0. The van der Waals surface area contributed by atoms with E-state index in [1.54, 1.807) is 0 Å². The van der Waals surface area contributed by atoms with Gasteiger partial charge in [-0.3, -0.25) is 4.25 Å². The van der Waals surface area contributed by atoms with Gasteiger partial charge in [0.25, 0.3) is 0 Å². The van der Waals surface area contributed by atoms with Crippen molar-refractivity contribution in [2.75, 3.05) is 20.8 Å². The molecule has 2 nitrogen and oxygen atoms in total. The van der Waals surface area contributed by atoms with Crippen LogP contribution < -0.4 is 15.3 Å². The highest BCUT2D eigenvalue weighted by atomic mass is 31.1. The molecule has 0 aliphatic carbocycles. The molecular formula is C22H23NOP+. The smallest absolute Gasteiger partial charge is 0.225 e. The lowest BCUT2D eigenvalue weighted by Gasteiger charge is -2.41. The fourth-order valence-electron chi connectivity index (χ4n) is 3.49. The highest BCUT2D eigenvalue weighted by molar-refractivity contribution is 7.68. The Kier molecular flexibility index (Phi) is 4.11. The minimum Gasteiger partial charge on any atom is -0.444 e. The number of benzene rings is 3. The summed E-state index contributed by atoms with van der Waals surface area (Å²) in [6.07, 6.45) is 0. The number of aryl methyl sites for hydroxylation is 1. The van der Waals surface area contributed by atoms with Crippen LogP contribution in [-0.4, -0.2) is 25.1 Å².